The molecule has 1 aliphatic carbocycles. The molecule has 0 bridgehead atoms. The Bertz CT molecular complexity index is 3950. The van der Waals surface area contributed by atoms with Crippen LogP contribution in [0.5, 0.6) is 11.5 Å². The van der Waals surface area contributed by atoms with E-state index in [0.29, 0.717) is 0 Å². The molecular formula is C67H44N2O. The first kappa shape index (κ1) is 39.9. The number of para-hydroxylation sites is 6. The van der Waals surface area contributed by atoms with Crippen molar-refractivity contribution in [1.29, 1.82) is 0 Å². The Kier molecular flexibility index (Phi) is 9.11. The largest absolute Gasteiger partial charge is 0.457 e. The van der Waals surface area contributed by atoms with E-state index >= 15 is 0 Å². The average Bonchev–Trinajstić information content (AvgIpc) is 3.93. The van der Waals surface area contributed by atoms with Crippen LogP contribution >= 0.6 is 0 Å². The highest BCUT2D eigenvalue weighted by molar-refractivity contribution is 6.15. The predicted octanol–water partition coefficient (Wildman–Crippen LogP) is 17.7. The number of benzene rings is 11. The Morgan fingerprint density at radius 1 is 0.329 bits per heavy atom. The maximum Gasteiger partial charge on any atom is 0.132 e. The number of aromatic nitrogens is 1. The summed E-state index contributed by atoms with van der Waals surface area (Å²) in [7, 11) is 0. The van der Waals surface area contributed by atoms with Crippen LogP contribution in [0, 0.1) is 0 Å². The molecule has 0 saturated carbocycles. The van der Waals surface area contributed by atoms with Crippen LogP contribution in [0.1, 0.15) is 22.3 Å². The summed E-state index contributed by atoms with van der Waals surface area (Å²) in [4.78, 5) is 2.52. The van der Waals surface area contributed by atoms with E-state index in [2.05, 4.69) is 276 Å². The van der Waals surface area contributed by atoms with E-state index < -0.39 is 5.41 Å². The second-order valence-electron chi connectivity index (χ2n) is 18.3. The van der Waals surface area contributed by atoms with E-state index in [1.165, 1.54) is 55.3 Å². The van der Waals surface area contributed by atoms with Gasteiger partial charge in [-0.25, -0.2) is 0 Å². The van der Waals surface area contributed by atoms with Crippen molar-refractivity contribution >= 4 is 38.9 Å². The van der Waals surface area contributed by atoms with Gasteiger partial charge in [0.2, 0.25) is 0 Å². The molecule has 0 saturated heterocycles. The standard InChI is InChI=1S/C67H44N2O/c1-3-22-45(23-4-1)48-26-7-8-27-49(48)50-28-9-10-29-51(50)53-31-12-17-37-61(53)68(63-39-21-33-55-54-32-13-18-38-62(54)69(66(55)63)46-24-5-2-6-25-46)47-42-43-58-56(44-47)52-30-11-14-34-57(52)67(58)59-35-15-19-40-64(59)70-65-41-20-16-36-60(65)67/h1-44H. The van der Waals surface area contributed by atoms with Crippen LogP contribution in [0.4, 0.5) is 17.1 Å². The van der Waals surface area contributed by atoms with Gasteiger partial charge in [-0.05, 0) is 105 Å². The van der Waals surface area contributed by atoms with E-state index in [1.54, 1.807) is 0 Å². The van der Waals surface area contributed by atoms with Gasteiger partial charge in [-0.15, -0.1) is 0 Å². The summed E-state index contributed by atoms with van der Waals surface area (Å²) >= 11 is 0. The lowest BCUT2D eigenvalue weighted by atomic mass is 9.66. The fourth-order valence-electron chi connectivity index (χ4n) is 11.9. The lowest BCUT2D eigenvalue weighted by molar-refractivity contribution is 0.436. The molecule has 0 amide bonds. The van der Waals surface area contributed by atoms with Crippen molar-refractivity contribution < 1.29 is 4.74 Å². The maximum absolute atomic E-state index is 6.70. The molecule has 1 aliphatic heterocycles. The summed E-state index contributed by atoms with van der Waals surface area (Å²) in [5.41, 5.74) is 20.3. The summed E-state index contributed by atoms with van der Waals surface area (Å²) in [6, 6.07) is 97.3. The molecule has 1 spiro atoms. The first-order valence-corrected chi connectivity index (χ1v) is 24.1. The van der Waals surface area contributed by atoms with Crippen molar-refractivity contribution in [1.82, 2.24) is 4.57 Å². The van der Waals surface area contributed by atoms with Gasteiger partial charge in [-0.1, -0.05) is 212 Å². The Hall–Kier alpha value is -9.18. The fourth-order valence-corrected chi connectivity index (χ4v) is 11.9. The minimum Gasteiger partial charge on any atom is -0.457 e. The molecule has 2 heterocycles. The predicted molar refractivity (Wildman–Crippen MR) is 289 cm³/mol. The number of hydrogen-bond donors (Lipinski definition) is 0. The molecule has 3 heteroatoms. The van der Waals surface area contributed by atoms with Gasteiger partial charge in [0.25, 0.3) is 0 Å². The number of nitrogens with zero attached hydrogens (tertiary/aromatic N) is 2. The third-order valence-electron chi connectivity index (χ3n) is 14.7. The molecule has 2 aliphatic rings. The normalized spacial score (nSPS) is 12.8. The van der Waals surface area contributed by atoms with Crippen molar-refractivity contribution in [3.05, 3.63) is 289 Å². The lowest BCUT2D eigenvalue weighted by Gasteiger charge is -2.39. The summed E-state index contributed by atoms with van der Waals surface area (Å²) in [6.45, 7) is 0. The first-order valence-electron chi connectivity index (χ1n) is 24.1. The number of fused-ring (bicyclic) bond motifs is 12. The summed E-state index contributed by atoms with van der Waals surface area (Å²) in [6.07, 6.45) is 0. The van der Waals surface area contributed by atoms with Crippen molar-refractivity contribution in [3.8, 4) is 61.7 Å². The molecule has 328 valence electrons. The van der Waals surface area contributed by atoms with E-state index in [0.717, 1.165) is 67.5 Å². The molecule has 70 heavy (non-hydrogen) atoms. The number of rotatable bonds is 7. The van der Waals surface area contributed by atoms with E-state index in [4.69, 9.17) is 4.74 Å². The number of hydrogen-bond acceptors (Lipinski definition) is 2. The molecule has 12 aromatic rings. The van der Waals surface area contributed by atoms with Crippen LogP contribution in [-0.4, -0.2) is 4.57 Å². The highest BCUT2D eigenvalue weighted by Gasteiger charge is 2.51. The van der Waals surface area contributed by atoms with Crippen LogP contribution in [0.2, 0.25) is 0 Å². The minimum absolute atomic E-state index is 0.580. The summed E-state index contributed by atoms with van der Waals surface area (Å²) < 4.78 is 9.16. The Labute approximate surface area is 407 Å². The zero-order chi connectivity index (χ0) is 46.2. The van der Waals surface area contributed by atoms with Gasteiger partial charge in [0, 0.05) is 38.8 Å². The Morgan fingerprint density at radius 2 is 0.829 bits per heavy atom. The van der Waals surface area contributed by atoms with Crippen molar-refractivity contribution in [2.45, 2.75) is 5.41 Å². The quantitative estimate of drug-likeness (QED) is 0.159. The van der Waals surface area contributed by atoms with Gasteiger partial charge < -0.3 is 14.2 Å². The van der Waals surface area contributed by atoms with E-state index in [9.17, 15) is 0 Å². The van der Waals surface area contributed by atoms with Crippen molar-refractivity contribution in [2.24, 2.45) is 0 Å². The second-order valence-corrected chi connectivity index (χ2v) is 18.3. The minimum atomic E-state index is -0.580. The molecule has 0 unspecified atom stereocenters. The molecule has 14 rings (SSSR count). The smallest absolute Gasteiger partial charge is 0.132 e. The highest BCUT2D eigenvalue weighted by Crippen LogP contribution is 2.63. The third-order valence-corrected chi connectivity index (χ3v) is 14.7. The fraction of sp³-hybridized carbons (Fsp3) is 0.0149. The van der Waals surface area contributed by atoms with Crippen LogP contribution in [0.25, 0.3) is 72.0 Å². The molecular weight excluding hydrogens is 849 g/mol. The molecule has 0 N–H and O–H groups in total. The molecule has 0 fully saturated rings. The third kappa shape index (κ3) is 5.88. The summed E-state index contributed by atoms with van der Waals surface area (Å²) in [5, 5.41) is 2.40. The van der Waals surface area contributed by atoms with Gasteiger partial charge in [0.1, 0.15) is 11.5 Å². The first-order chi connectivity index (χ1) is 34.8. The zero-order valence-corrected chi connectivity index (χ0v) is 38.2. The topological polar surface area (TPSA) is 17.4 Å². The second kappa shape index (κ2) is 16.0. The van der Waals surface area contributed by atoms with Gasteiger partial charge in [-0.2, -0.15) is 0 Å². The van der Waals surface area contributed by atoms with E-state index in [-0.39, 0.29) is 0 Å². The van der Waals surface area contributed by atoms with Crippen molar-refractivity contribution in [3.63, 3.8) is 0 Å². The van der Waals surface area contributed by atoms with Crippen molar-refractivity contribution in [2.75, 3.05) is 4.90 Å². The van der Waals surface area contributed by atoms with Crippen LogP contribution in [-0.2, 0) is 5.41 Å². The number of anilines is 3. The van der Waals surface area contributed by atoms with Crippen LogP contribution < -0.4 is 9.64 Å². The van der Waals surface area contributed by atoms with Crippen LogP contribution in [0.3, 0.4) is 0 Å². The highest BCUT2D eigenvalue weighted by atomic mass is 16.5. The summed E-state index contributed by atoms with van der Waals surface area (Å²) in [5.74, 6) is 1.77. The van der Waals surface area contributed by atoms with Gasteiger partial charge in [0.15, 0.2) is 0 Å². The molecule has 3 nitrogen and oxygen atoms in total. The van der Waals surface area contributed by atoms with Gasteiger partial charge in [-0.3, -0.25) is 0 Å². The van der Waals surface area contributed by atoms with Gasteiger partial charge >= 0.3 is 0 Å². The SMILES string of the molecule is c1ccc(-c2ccccc2-c2ccccc2-c2ccccc2N(c2ccc3c(c2)-c2ccccc2C32c3ccccc3Oc3ccccc32)c2cccc3c4ccccc4n(-c4ccccc4)c23)cc1. The lowest BCUT2D eigenvalue weighted by Crippen LogP contribution is -2.32. The molecule has 0 radical (unpaired) electrons. The average molecular weight is 893 g/mol. The number of ether oxygens (including phenoxy) is 1. The molecule has 11 aromatic carbocycles. The van der Waals surface area contributed by atoms with Gasteiger partial charge in [0.05, 0.1) is 27.8 Å². The molecule has 1 aromatic heterocycles. The maximum atomic E-state index is 6.70. The zero-order valence-electron chi connectivity index (χ0n) is 38.2. The Balaban J connectivity index is 1.07. The molecule has 0 atom stereocenters. The Morgan fingerprint density at radius 3 is 1.56 bits per heavy atom. The van der Waals surface area contributed by atoms with Crippen LogP contribution in [0.15, 0.2) is 267 Å². The monoisotopic (exact) mass is 892 g/mol. The van der Waals surface area contributed by atoms with E-state index in [1.807, 2.05) is 0 Å².